The van der Waals surface area contributed by atoms with Crippen molar-refractivity contribution < 1.29 is 13.1 Å². The average molecular weight is 483 g/mol. The summed E-state index contributed by atoms with van der Waals surface area (Å²) in [4.78, 5) is 13.2. The number of allylic oxidation sites excluding steroid dienone is 1. The van der Waals surface area contributed by atoms with Crippen molar-refractivity contribution in [1.29, 1.82) is 10.5 Å². The summed E-state index contributed by atoms with van der Waals surface area (Å²) in [6, 6.07) is 12.7. The summed E-state index contributed by atoms with van der Waals surface area (Å²) in [6.45, 7) is 12.1. The Morgan fingerprint density at radius 2 is 1.73 bits per heavy atom. The summed E-state index contributed by atoms with van der Waals surface area (Å²) in [5, 5.41) is 21.0. The Labute approximate surface area is 199 Å². The summed E-state index contributed by atoms with van der Waals surface area (Å²) in [7, 11) is -3.77. The van der Waals surface area contributed by atoms with Crippen LogP contribution in [0.25, 0.3) is 0 Å². The van der Waals surface area contributed by atoms with Gasteiger partial charge in [-0.2, -0.15) is 10.5 Å². The third-order valence-electron chi connectivity index (χ3n) is 5.90. The predicted molar refractivity (Wildman–Crippen MR) is 132 cm³/mol. The molecule has 1 aromatic heterocycles. The third-order valence-corrected chi connectivity index (χ3v) is 11.4. The summed E-state index contributed by atoms with van der Waals surface area (Å²) in [5.74, 6) is 0.231. The molecule has 174 valence electrons. The number of benzene rings is 1. The molecule has 0 radical (unpaired) electrons. The van der Waals surface area contributed by atoms with Crippen LogP contribution in [0.1, 0.15) is 38.5 Å². The van der Waals surface area contributed by atoms with E-state index >= 15 is 0 Å². The summed E-state index contributed by atoms with van der Waals surface area (Å²) in [5.41, 5.74) is -0.786. The van der Waals surface area contributed by atoms with Gasteiger partial charge in [-0.3, -0.25) is 4.79 Å². The van der Waals surface area contributed by atoms with E-state index in [-0.39, 0.29) is 34.8 Å². The molecule has 8 heteroatoms. The molecule has 0 spiro atoms. The number of hydrogen-bond donors (Lipinski definition) is 0. The summed E-state index contributed by atoms with van der Waals surface area (Å²) < 4.78 is 24.3. The molecule has 0 aliphatic carbocycles. The molecule has 0 N–H and O–H groups in total. The maximum Gasteiger partial charge on any atom is 0.250 e. The van der Waals surface area contributed by atoms with Crippen molar-refractivity contribution in [2.45, 2.75) is 63.6 Å². The first kappa shape index (κ1) is 26.3. The van der Waals surface area contributed by atoms with Crippen LogP contribution in [0, 0.1) is 35.0 Å². The van der Waals surface area contributed by atoms with E-state index in [1.807, 2.05) is 32.2 Å². The number of rotatable bonds is 8. The number of hydrogen-bond acceptors (Lipinski definition) is 6. The molecular formula is C25H30N2O4SSi. The molecule has 0 bridgehead atoms. The standard InChI is InChI=1S/C25H30N2O4SSi/c1-19-8-10-20(11-9-19)32(29)15-7-13-25(17-26,18-27)16-22-23(21(28)12-14-30-22)31-33(5,6)24(2,3)4/h7-12,14-15H,13,16H2,1-6H3/b15-7+. The van der Waals surface area contributed by atoms with Gasteiger partial charge in [0.1, 0.15) is 0 Å². The van der Waals surface area contributed by atoms with E-state index < -0.39 is 24.5 Å². The van der Waals surface area contributed by atoms with Crippen molar-refractivity contribution >= 4 is 19.1 Å². The molecule has 2 aromatic rings. The monoisotopic (exact) mass is 482 g/mol. The lowest BCUT2D eigenvalue weighted by molar-refractivity contribution is 0.383. The normalized spacial score (nSPS) is 13.3. The van der Waals surface area contributed by atoms with Gasteiger partial charge in [0, 0.05) is 22.8 Å². The zero-order chi connectivity index (χ0) is 24.9. The van der Waals surface area contributed by atoms with Gasteiger partial charge in [-0.1, -0.05) is 44.5 Å². The van der Waals surface area contributed by atoms with Crippen LogP contribution >= 0.6 is 0 Å². The Balaban J connectivity index is 2.31. The van der Waals surface area contributed by atoms with E-state index in [4.69, 9.17) is 8.84 Å². The van der Waals surface area contributed by atoms with Crippen LogP contribution in [0.4, 0.5) is 0 Å². The fourth-order valence-electron chi connectivity index (χ4n) is 2.71. The minimum Gasteiger partial charge on any atom is -0.539 e. The smallest absolute Gasteiger partial charge is 0.250 e. The first-order valence-electron chi connectivity index (χ1n) is 10.6. The molecule has 0 saturated carbocycles. The van der Waals surface area contributed by atoms with Crippen LogP contribution in [0.3, 0.4) is 0 Å². The molecule has 0 aliphatic rings. The van der Waals surface area contributed by atoms with Gasteiger partial charge in [0.2, 0.25) is 5.43 Å². The molecule has 1 heterocycles. The molecule has 0 saturated heterocycles. The lowest BCUT2D eigenvalue weighted by Crippen LogP contribution is -2.45. The second kappa shape index (κ2) is 10.3. The third kappa shape index (κ3) is 6.53. The number of aryl methyl sites for hydroxylation is 1. The highest BCUT2D eigenvalue weighted by molar-refractivity contribution is 7.88. The molecule has 0 fully saturated rings. The highest BCUT2D eigenvalue weighted by Crippen LogP contribution is 2.38. The maximum absolute atomic E-state index is 12.6. The Morgan fingerprint density at radius 1 is 1.12 bits per heavy atom. The largest absolute Gasteiger partial charge is 0.539 e. The van der Waals surface area contributed by atoms with Crippen LogP contribution < -0.4 is 9.85 Å². The van der Waals surface area contributed by atoms with Crippen molar-refractivity contribution in [3.63, 3.8) is 0 Å². The topological polar surface area (TPSA) is 104 Å². The van der Waals surface area contributed by atoms with Crippen LogP contribution in [-0.2, 0) is 17.2 Å². The number of nitriles is 2. The average Bonchev–Trinajstić information content (AvgIpc) is 2.75. The van der Waals surface area contributed by atoms with Gasteiger partial charge in [0.05, 0.1) is 29.2 Å². The fourth-order valence-corrected chi connectivity index (χ4v) is 4.57. The maximum atomic E-state index is 12.6. The van der Waals surface area contributed by atoms with Gasteiger partial charge in [0.15, 0.2) is 16.9 Å². The Bertz CT molecular complexity index is 1170. The van der Waals surface area contributed by atoms with Crippen molar-refractivity contribution in [3.8, 4) is 17.9 Å². The second-order valence-electron chi connectivity index (χ2n) is 9.57. The van der Waals surface area contributed by atoms with E-state index in [0.717, 1.165) is 5.56 Å². The van der Waals surface area contributed by atoms with Gasteiger partial charge in [-0.15, -0.1) is 0 Å². The molecule has 33 heavy (non-hydrogen) atoms. The Morgan fingerprint density at radius 3 is 2.27 bits per heavy atom. The summed E-state index contributed by atoms with van der Waals surface area (Å²) in [6.07, 6.45) is 2.72. The highest BCUT2D eigenvalue weighted by atomic mass is 32.2. The van der Waals surface area contributed by atoms with Crippen LogP contribution in [-0.4, -0.2) is 12.5 Å². The predicted octanol–water partition coefficient (Wildman–Crippen LogP) is 5.62. The van der Waals surface area contributed by atoms with Crippen molar-refractivity contribution in [2.75, 3.05) is 0 Å². The molecule has 1 aromatic carbocycles. The quantitative estimate of drug-likeness (QED) is 0.452. The van der Waals surface area contributed by atoms with Crippen molar-refractivity contribution in [3.05, 3.63) is 69.6 Å². The van der Waals surface area contributed by atoms with Crippen molar-refractivity contribution in [2.24, 2.45) is 5.41 Å². The molecule has 6 nitrogen and oxygen atoms in total. The van der Waals surface area contributed by atoms with Crippen LogP contribution in [0.5, 0.6) is 5.75 Å². The van der Waals surface area contributed by atoms with E-state index in [0.29, 0.717) is 4.90 Å². The zero-order valence-electron chi connectivity index (χ0n) is 20.0. The van der Waals surface area contributed by atoms with Crippen LogP contribution in [0.15, 0.2) is 62.2 Å². The van der Waals surface area contributed by atoms with Crippen molar-refractivity contribution in [1.82, 2.24) is 0 Å². The first-order valence-corrected chi connectivity index (χ1v) is 14.7. The summed E-state index contributed by atoms with van der Waals surface area (Å²) >= 11 is 0. The molecule has 0 amide bonds. The van der Waals surface area contributed by atoms with Crippen LogP contribution in [0.2, 0.25) is 18.1 Å². The lowest BCUT2D eigenvalue weighted by atomic mass is 9.83. The Kier molecular flexibility index (Phi) is 8.24. The SMILES string of the molecule is Cc1ccc(S(=O)/C=C/CC(C#N)(C#N)Cc2occc(=O)c2O[Si](C)(C)C(C)(C)C)cc1. The minimum atomic E-state index is -2.37. The Hall–Kier alpha value is -2.94. The van der Waals surface area contributed by atoms with Gasteiger partial charge < -0.3 is 8.84 Å². The molecule has 1 unspecified atom stereocenters. The second-order valence-corrected chi connectivity index (χ2v) is 15.6. The van der Waals surface area contributed by atoms with Gasteiger partial charge in [-0.05, 0) is 43.6 Å². The van der Waals surface area contributed by atoms with Gasteiger partial charge in [-0.25, -0.2) is 4.21 Å². The first-order chi connectivity index (χ1) is 15.3. The molecule has 0 aliphatic heterocycles. The number of nitrogens with zero attached hydrogens (tertiary/aromatic N) is 2. The lowest BCUT2D eigenvalue weighted by Gasteiger charge is -2.36. The fraction of sp³-hybridized carbons (Fsp3) is 0.400. The molecule has 1 atom stereocenters. The zero-order valence-corrected chi connectivity index (χ0v) is 21.8. The minimum absolute atomic E-state index is 0.0235. The van der Waals surface area contributed by atoms with E-state index in [2.05, 4.69) is 32.9 Å². The molecule has 2 rings (SSSR count). The van der Waals surface area contributed by atoms with E-state index in [1.165, 1.54) is 17.7 Å². The van der Waals surface area contributed by atoms with Gasteiger partial charge >= 0.3 is 0 Å². The van der Waals surface area contributed by atoms with Gasteiger partial charge in [0.25, 0.3) is 8.32 Å². The highest BCUT2D eigenvalue weighted by Gasteiger charge is 2.41. The molecular weight excluding hydrogens is 452 g/mol. The van der Waals surface area contributed by atoms with E-state index in [9.17, 15) is 19.5 Å². The van der Waals surface area contributed by atoms with E-state index in [1.54, 1.807) is 18.2 Å².